The lowest BCUT2D eigenvalue weighted by molar-refractivity contribution is 0.223. The highest BCUT2D eigenvalue weighted by molar-refractivity contribution is 7.95. The summed E-state index contributed by atoms with van der Waals surface area (Å²) >= 11 is 0. The van der Waals surface area contributed by atoms with E-state index in [-0.39, 0.29) is 16.6 Å². The number of ether oxygens (including phenoxy) is 1. The maximum Gasteiger partial charge on any atom is 0.239 e. The summed E-state index contributed by atoms with van der Waals surface area (Å²) in [6.07, 6.45) is 1.57. The molecule has 0 heterocycles. The third-order valence-corrected chi connectivity index (χ3v) is 5.56. The molecule has 0 aromatic heterocycles. The SMILES string of the molecule is Cc1ccc(S(=O)(=O)/C(=C/c2ccccc2)OCc2ccccc2)cc1. The fourth-order valence-electron chi connectivity index (χ4n) is 2.44. The Morgan fingerprint density at radius 3 is 2.04 bits per heavy atom. The van der Waals surface area contributed by atoms with Crippen LogP contribution in [-0.4, -0.2) is 8.42 Å². The first-order valence-electron chi connectivity index (χ1n) is 8.31. The van der Waals surface area contributed by atoms with E-state index in [1.54, 1.807) is 30.3 Å². The van der Waals surface area contributed by atoms with Gasteiger partial charge in [0.05, 0.1) is 4.90 Å². The molecule has 26 heavy (non-hydrogen) atoms. The van der Waals surface area contributed by atoms with Gasteiger partial charge in [0, 0.05) is 0 Å². The molecule has 0 aliphatic rings. The fraction of sp³-hybridized carbons (Fsp3) is 0.0909. The van der Waals surface area contributed by atoms with Gasteiger partial charge in [-0.2, -0.15) is 0 Å². The Labute approximate surface area is 154 Å². The highest BCUT2D eigenvalue weighted by Crippen LogP contribution is 2.24. The van der Waals surface area contributed by atoms with Crippen molar-refractivity contribution < 1.29 is 13.2 Å². The highest BCUT2D eigenvalue weighted by atomic mass is 32.2. The van der Waals surface area contributed by atoms with Crippen molar-refractivity contribution >= 4 is 15.9 Å². The van der Waals surface area contributed by atoms with Gasteiger partial charge in [0.15, 0.2) is 0 Å². The van der Waals surface area contributed by atoms with Crippen molar-refractivity contribution in [1.29, 1.82) is 0 Å². The summed E-state index contributed by atoms with van der Waals surface area (Å²) < 4.78 is 31.9. The molecule has 0 aliphatic carbocycles. The van der Waals surface area contributed by atoms with E-state index in [1.165, 1.54) is 0 Å². The molecule has 0 atom stereocenters. The molecule has 3 rings (SSSR count). The molecule has 0 amide bonds. The minimum Gasteiger partial charge on any atom is -0.478 e. The van der Waals surface area contributed by atoms with Crippen molar-refractivity contribution in [3.63, 3.8) is 0 Å². The molecule has 0 saturated carbocycles. The predicted molar refractivity (Wildman–Crippen MR) is 104 cm³/mol. The van der Waals surface area contributed by atoms with E-state index in [4.69, 9.17) is 4.74 Å². The summed E-state index contributed by atoms with van der Waals surface area (Å²) in [7, 11) is -3.75. The van der Waals surface area contributed by atoms with E-state index in [0.717, 1.165) is 16.7 Å². The molecule has 0 saturated heterocycles. The molecular weight excluding hydrogens is 344 g/mol. The number of rotatable bonds is 6. The molecule has 0 aliphatic heterocycles. The third-order valence-electron chi connectivity index (χ3n) is 3.90. The highest BCUT2D eigenvalue weighted by Gasteiger charge is 2.22. The summed E-state index contributed by atoms with van der Waals surface area (Å²) in [6.45, 7) is 2.10. The zero-order valence-corrected chi connectivity index (χ0v) is 15.3. The lowest BCUT2D eigenvalue weighted by atomic mass is 10.2. The lowest BCUT2D eigenvalue weighted by Gasteiger charge is -2.12. The van der Waals surface area contributed by atoms with Gasteiger partial charge in [0.2, 0.25) is 14.9 Å². The topological polar surface area (TPSA) is 43.4 Å². The second kappa shape index (κ2) is 8.02. The number of sulfone groups is 1. The standard InChI is InChI=1S/C22H20O3S/c1-18-12-14-21(15-13-18)26(23,24)22(16-19-8-4-2-5-9-19)25-17-20-10-6-3-7-11-20/h2-16H,17H2,1H3/b22-16+. The van der Waals surface area contributed by atoms with E-state index >= 15 is 0 Å². The van der Waals surface area contributed by atoms with Crippen molar-refractivity contribution in [2.75, 3.05) is 0 Å². The van der Waals surface area contributed by atoms with Crippen LogP contribution in [0.2, 0.25) is 0 Å². The van der Waals surface area contributed by atoms with E-state index < -0.39 is 9.84 Å². The van der Waals surface area contributed by atoms with E-state index in [9.17, 15) is 8.42 Å². The van der Waals surface area contributed by atoms with Gasteiger partial charge in [-0.1, -0.05) is 78.4 Å². The molecule has 0 radical (unpaired) electrons. The molecule has 3 aromatic carbocycles. The first-order valence-corrected chi connectivity index (χ1v) is 9.79. The number of hydrogen-bond donors (Lipinski definition) is 0. The van der Waals surface area contributed by atoms with Crippen LogP contribution in [0.4, 0.5) is 0 Å². The Balaban J connectivity index is 1.96. The number of benzene rings is 3. The van der Waals surface area contributed by atoms with Crippen LogP contribution in [0.15, 0.2) is 94.9 Å². The van der Waals surface area contributed by atoms with Crippen LogP contribution < -0.4 is 0 Å². The average Bonchev–Trinajstić information content (AvgIpc) is 2.67. The van der Waals surface area contributed by atoms with Crippen LogP contribution in [0.1, 0.15) is 16.7 Å². The van der Waals surface area contributed by atoms with Gasteiger partial charge in [-0.25, -0.2) is 8.42 Å². The second-order valence-electron chi connectivity index (χ2n) is 5.96. The van der Waals surface area contributed by atoms with Crippen molar-refractivity contribution in [2.24, 2.45) is 0 Å². The van der Waals surface area contributed by atoms with E-state index in [2.05, 4.69) is 0 Å². The van der Waals surface area contributed by atoms with Crippen LogP contribution in [0.3, 0.4) is 0 Å². The normalized spacial score (nSPS) is 12.0. The van der Waals surface area contributed by atoms with Crippen LogP contribution in [0.5, 0.6) is 0 Å². The van der Waals surface area contributed by atoms with E-state index in [1.807, 2.05) is 67.6 Å². The number of hydrogen-bond acceptors (Lipinski definition) is 3. The van der Waals surface area contributed by atoms with Gasteiger partial charge in [-0.3, -0.25) is 0 Å². The smallest absolute Gasteiger partial charge is 0.239 e. The first-order chi connectivity index (χ1) is 12.6. The van der Waals surface area contributed by atoms with Crippen LogP contribution >= 0.6 is 0 Å². The molecule has 3 aromatic rings. The van der Waals surface area contributed by atoms with Gasteiger partial charge in [0.25, 0.3) is 0 Å². The first kappa shape index (κ1) is 18.0. The number of aryl methyl sites for hydroxylation is 1. The summed E-state index contributed by atoms with van der Waals surface area (Å²) in [5, 5.41) is -0.0589. The monoisotopic (exact) mass is 364 g/mol. The summed E-state index contributed by atoms with van der Waals surface area (Å²) in [4.78, 5) is 0.221. The Hall–Kier alpha value is -2.85. The summed E-state index contributed by atoms with van der Waals surface area (Å²) in [5.41, 5.74) is 2.68. The molecule has 0 fully saturated rings. The van der Waals surface area contributed by atoms with Crippen molar-refractivity contribution in [2.45, 2.75) is 18.4 Å². The quantitative estimate of drug-likeness (QED) is 0.579. The van der Waals surface area contributed by atoms with Crippen molar-refractivity contribution in [3.05, 3.63) is 107 Å². The van der Waals surface area contributed by atoms with Crippen molar-refractivity contribution in [1.82, 2.24) is 0 Å². The second-order valence-corrected chi connectivity index (χ2v) is 7.85. The van der Waals surface area contributed by atoms with Crippen LogP contribution in [0, 0.1) is 6.92 Å². The largest absolute Gasteiger partial charge is 0.478 e. The maximum absolute atomic E-state index is 13.1. The third kappa shape index (κ3) is 4.41. The van der Waals surface area contributed by atoms with Gasteiger partial charge in [0.1, 0.15) is 6.61 Å². The molecule has 132 valence electrons. The van der Waals surface area contributed by atoms with Gasteiger partial charge >= 0.3 is 0 Å². The fourth-order valence-corrected chi connectivity index (χ4v) is 3.68. The molecule has 4 heteroatoms. The Morgan fingerprint density at radius 1 is 0.846 bits per heavy atom. The van der Waals surface area contributed by atoms with Gasteiger partial charge < -0.3 is 4.74 Å². The van der Waals surface area contributed by atoms with Gasteiger partial charge in [-0.15, -0.1) is 0 Å². The molecule has 0 bridgehead atoms. The van der Waals surface area contributed by atoms with E-state index in [0.29, 0.717) is 0 Å². The Kier molecular flexibility index (Phi) is 5.54. The molecule has 0 N–H and O–H groups in total. The summed E-state index contributed by atoms with van der Waals surface area (Å²) in [6, 6.07) is 25.6. The minimum atomic E-state index is -3.75. The zero-order chi connectivity index (χ0) is 18.4. The van der Waals surface area contributed by atoms with Gasteiger partial charge in [-0.05, 0) is 36.3 Å². The van der Waals surface area contributed by atoms with Crippen molar-refractivity contribution in [3.8, 4) is 0 Å². The molecular formula is C22H20O3S. The molecule has 0 spiro atoms. The Morgan fingerprint density at radius 2 is 1.42 bits per heavy atom. The molecule has 0 unspecified atom stereocenters. The average molecular weight is 364 g/mol. The summed E-state index contributed by atoms with van der Waals surface area (Å²) in [5.74, 6) is 0. The zero-order valence-electron chi connectivity index (χ0n) is 14.5. The Bertz CT molecular complexity index is 975. The lowest BCUT2D eigenvalue weighted by Crippen LogP contribution is -2.08. The van der Waals surface area contributed by atoms with Crippen LogP contribution in [0.25, 0.3) is 6.08 Å². The minimum absolute atomic E-state index is 0.0589. The molecule has 3 nitrogen and oxygen atoms in total. The maximum atomic E-state index is 13.1. The van der Waals surface area contributed by atoms with Crippen LogP contribution in [-0.2, 0) is 21.2 Å². The predicted octanol–water partition coefficient (Wildman–Crippen LogP) is 4.98.